The van der Waals surface area contributed by atoms with Gasteiger partial charge in [-0.25, -0.2) is 0 Å². The molecule has 2 fully saturated rings. The number of amides is 2. The Balaban J connectivity index is 1.36. The zero-order valence-corrected chi connectivity index (χ0v) is 16.6. The van der Waals surface area contributed by atoms with Crippen LogP contribution < -0.4 is 0 Å². The highest BCUT2D eigenvalue weighted by Gasteiger charge is 2.42. The minimum atomic E-state index is -0.0471. The van der Waals surface area contributed by atoms with Gasteiger partial charge in [0.15, 0.2) is 5.76 Å². The number of hydrogen-bond donors (Lipinski definition) is 0. The maximum Gasteiger partial charge on any atom is 0.289 e. The van der Waals surface area contributed by atoms with Crippen molar-refractivity contribution < 1.29 is 14.0 Å². The average molecular weight is 384 g/mol. The zero-order valence-electron chi connectivity index (χ0n) is 16.6. The molecule has 0 bridgehead atoms. The van der Waals surface area contributed by atoms with Gasteiger partial charge in [-0.3, -0.25) is 14.3 Å². The van der Waals surface area contributed by atoms with Crippen LogP contribution in [0, 0.1) is 5.41 Å². The highest BCUT2D eigenvalue weighted by atomic mass is 16.4. The molecule has 2 saturated heterocycles. The quantitative estimate of drug-likeness (QED) is 0.813. The summed E-state index contributed by atoms with van der Waals surface area (Å²) in [7, 11) is 0. The number of nitrogens with zero attached hydrogens (tertiary/aromatic N) is 4. The second kappa shape index (κ2) is 7.45. The van der Waals surface area contributed by atoms with Crippen LogP contribution in [0.4, 0.5) is 0 Å². The van der Waals surface area contributed by atoms with Crippen LogP contribution in [-0.4, -0.2) is 57.1 Å². The van der Waals surface area contributed by atoms with E-state index in [0.29, 0.717) is 31.8 Å². The van der Waals surface area contributed by atoms with Gasteiger partial charge in [-0.1, -0.05) is 0 Å². The summed E-state index contributed by atoms with van der Waals surface area (Å²) in [6, 6.07) is 5.69. The summed E-state index contributed by atoms with van der Waals surface area (Å²) in [5, 5.41) is 4.16. The highest BCUT2D eigenvalue weighted by Crippen LogP contribution is 2.41. The van der Waals surface area contributed by atoms with Gasteiger partial charge >= 0.3 is 0 Å². The van der Waals surface area contributed by atoms with Crippen LogP contribution >= 0.6 is 0 Å². The van der Waals surface area contributed by atoms with Gasteiger partial charge in [0, 0.05) is 44.5 Å². The van der Waals surface area contributed by atoms with E-state index in [4.69, 9.17) is 4.42 Å². The largest absolute Gasteiger partial charge is 0.454 e. The van der Waals surface area contributed by atoms with E-state index in [-0.39, 0.29) is 23.3 Å². The Morgan fingerprint density at radius 3 is 2.71 bits per heavy atom. The zero-order chi connectivity index (χ0) is 19.7. The number of carbonyl (C=O) groups is 2. The van der Waals surface area contributed by atoms with E-state index in [1.165, 1.54) is 0 Å². The molecular formula is C21H28N4O3. The third kappa shape index (κ3) is 3.70. The number of piperidine rings is 2. The van der Waals surface area contributed by atoms with E-state index < -0.39 is 0 Å². The molecule has 0 atom stereocenters. The van der Waals surface area contributed by atoms with Gasteiger partial charge < -0.3 is 14.2 Å². The summed E-state index contributed by atoms with van der Waals surface area (Å²) < 4.78 is 7.53. The Hall–Kier alpha value is -2.57. The van der Waals surface area contributed by atoms with Crippen LogP contribution in [0.1, 0.15) is 55.8 Å². The third-order valence-electron chi connectivity index (χ3n) is 6.18. The monoisotopic (exact) mass is 384 g/mol. The number of hydrogen-bond acceptors (Lipinski definition) is 4. The molecule has 28 heavy (non-hydrogen) atoms. The number of furan rings is 1. The second-order valence-corrected chi connectivity index (χ2v) is 8.38. The maximum atomic E-state index is 12.9. The van der Waals surface area contributed by atoms with Crippen LogP contribution in [-0.2, 0) is 11.3 Å². The first kappa shape index (κ1) is 18.8. The van der Waals surface area contributed by atoms with Gasteiger partial charge in [0.1, 0.15) is 5.76 Å². The fraction of sp³-hybridized carbons (Fsp3) is 0.571. The van der Waals surface area contributed by atoms with Gasteiger partial charge in [-0.05, 0) is 56.7 Å². The first-order chi connectivity index (χ1) is 13.5. The number of carbonyl (C=O) groups excluding carboxylic acids is 2. The molecule has 0 saturated carbocycles. The summed E-state index contributed by atoms with van der Waals surface area (Å²) >= 11 is 0. The fourth-order valence-electron chi connectivity index (χ4n) is 4.39. The Labute approximate surface area is 165 Å². The van der Waals surface area contributed by atoms with Crippen molar-refractivity contribution in [3.8, 4) is 0 Å². The maximum absolute atomic E-state index is 12.9. The van der Waals surface area contributed by atoms with Crippen molar-refractivity contribution in [3.05, 3.63) is 42.1 Å². The predicted octanol–water partition coefficient (Wildman–Crippen LogP) is 2.78. The Kier molecular flexibility index (Phi) is 5.00. The molecule has 0 aromatic carbocycles. The van der Waals surface area contributed by atoms with E-state index >= 15 is 0 Å². The van der Waals surface area contributed by atoms with Crippen LogP contribution in [0.3, 0.4) is 0 Å². The molecule has 0 radical (unpaired) electrons. The van der Waals surface area contributed by atoms with Crippen molar-refractivity contribution in [1.82, 2.24) is 19.6 Å². The lowest BCUT2D eigenvalue weighted by molar-refractivity contribution is -0.141. The summed E-state index contributed by atoms with van der Waals surface area (Å²) in [5.74, 6) is 1.33. The standard InChI is InChI=1S/C21H28N4O3/c1-16(2)25-15-21(7-6-19(25)26)8-12-23(13-9-21)20(27)18-5-4-17(28-18)14-24-11-3-10-22-24/h3-5,10-11,16H,6-9,12-15H2,1-2H3. The van der Waals surface area contributed by atoms with Crippen molar-refractivity contribution in [1.29, 1.82) is 0 Å². The Bertz CT molecular complexity index is 832. The van der Waals surface area contributed by atoms with Gasteiger partial charge in [0.25, 0.3) is 5.91 Å². The molecule has 2 aliphatic rings. The van der Waals surface area contributed by atoms with E-state index in [0.717, 1.165) is 31.6 Å². The molecule has 1 spiro atoms. The summed E-state index contributed by atoms with van der Waals surface area (Å²) in [6.45, 7) is 6.92. The minimum Gasteiger partial charge on any atom is -0.454 e. The first-order valence-corrected chi connectivity index (χ1v) is 10.1. The summed E-state index contributed by atoms with van der Waals surface area (Å²) in [5.41, 5.74) is 0.156. The molecule has 0 unspecified atom stereocenters. The van der Waals surface area contributed by atoms with Gasteiger partial charge in [0.05, 0.1) is 6.54 Å². The lowest BCUT2D eigenvalue weighted by atomic mass is 9.72. The van der Waals surface area contributed by atoms with E-state index in [2.05, 4.69) is 18.9 Å². The number of rotatable bonds is 4. The molecule has 7 nitrogen and oxygen atoms in total. The SMILES string of the molecule is CC(C)N1CC2(CCC1=O)CCN(C(=O)c1ccc(Cn3cccn3)o1)CC2. The third-order valence-corrected chi connectivity index (χ3v) is 6.18. The van der Waals surface area contributed by atoms with Crippen molar-refractivity contribution in [2.45, 2.75) is 52.1 Å². The smallest absolute Gasteiger partial charge is 0.289 e. The lowest BCUT2D eigenvalue weighted by Crippen LogP contribution is -2.54. The topological polar surface area (TPSA) is 71.6 Å². The molecule has 7 heteroatoms. The van der Waals surface area contributed by atoms with Crippen molar-refractivity contribution in [2.24, 2.45) is 5.41 Å². The second-order valence-electron chi connectivity index (χ2n) is 8.38. The van der Waals surface area contributed by atoms with E-state index in [1.807, 2.05) is 28.1 Å². The summed E-state index contributed by atoms with van der Waals surface area (Å²) in [6.07, 6.45) is 7.03. The molecular weight excluding hydrogens is 356 g/mol. The Morgan fingerprint density at radius 1 is 1.25 bits per heavy atom. The lowest BCUT2D eigenvalue weighted by Gasteiger charge is -2.48. The van der Waals surface area contributed by atoms with Crippen LogP contribution in [0.2, 0.25) is 0 Å². The first-order valence-electron chi connectivity index (χ1n) is 10.1. The van der Waals surface area contributed by atoms with E-state index in [1.54, 1.807) is 16.9 Å². The average Bonchev–Trinajstić information content (AvgIpc) is 3.36. The molecule has 0 aliphatic carbocycles. The van der Waals surface area contributed by atoms with Crippen LogP contribution in [0.25, 0.3) is 0 Å². The molecule has 4 rings (SSSR count). The van der Waals surface area contributed by atoms with Gasteiger partial charge in [-0.15, -0.1) is 0 Å². The van der Waals surface area contributed by atoms with Crippen LogP contribution in [0.15, 0.2) is 35.0 Å². The molecule has 2 aromatic heterocycles. The van der Waals surface area contributed by atoms with Crippen molar-refractivity contribution in [3.63, 3.8) is 0 Å². The fourth-order valence-corrected chi connectivity index (χ4v) is 4.39. The summed E-state index contributed by atoms with van der Waals surface area (Å²) in [4.78, 5) is 28.9. The number of likely N-dealkylation sites (tertiary alicyclic amines) is 2. The Morgan fingerprint density at radius 2 is 2.04 bits per heavy atom. The van der Waals surface area contributed by atoms with Crippen LogP contribution in [0.5, 0.6) is 0 Å². The molecule has 2 aromatic rings. The molecule has 4 heterocycles. The molecule has 150 valence electrons. The molecule has 0 N–H and O–H groups in total. The van der Waals surface area contributed by atoms with Crippen molar-refractivity contribution >= 4 is 11.8 Å². The highest BCUT2D eigenvalue weighted by molar-refractivity contribution is 5.91. The predicted molar refractivity (Wildman–Crippen MR) is 104 cm³/mol. The molecule has 2 aliphatic heterocycles. The van der Waals surface area contributed by atoms with Crippen molar-refractivity contribution in [2.75, 3.05) is 19.6 Å². The van der Waals surface area contributed by atoms with Gasteiger partial charge in [0.2, 0.25) is 5.91 Å². The minimum absolute atomic E-state index is 0.0471. The normalized spacial score (nSPS) is 19.6. The van der Waals surface area contributed by atoms with E-state index in [9.17, 15) is 9.59 Å². The number of aromatic nitrogens is 2. The molecule has 2 amide bonds. The van der Waals surface area contributed by atoms with Gasteiger partial charge in [-0.2, -0.15) is 5.10 Å².